The zero-order chi connectivity index (χ0) is 7.98. The molecule has 0 aromatic carbocycles. The zero-order valence-electron chi connectivity index (χ0n) is 5.28. The fraction of sp³-hybridized carbons (Fsp3) is 0.600. The van der Waals surface area contributed by atoms with Gasteiger partial charge in [0.1, 0.15) is 12.3 Å². The van der Waals surface area contributed by atoms with Crippen molar-refractivity contribution in [2.45, 2.75) is 18.9 Å². The molecule has 0 saturated heterocycles. The normalized spacial score (nSPS) is 12.5. The highest BCUT2D eigenvalue weighted by Crippen LogP contribution is 1.93. The minimum Gasteiger partial charge on any atom is -0.480 e. The number of rotatable bonds is 5. The first-order chi connectivity index (χ1) is 4.72. The first kappa shape index (κ1) is 9.06. The topological polar surface area (TPSA) is 86.6 Å². The fourth-order valence-corrected chi connectivity index (χ4v) is 0.478. The molecule has 0 unspecified atom stereocenters. The third-order valence-electron chi connectivity index (χ3n) is 1.03. The first-order valence-corrected chi connectivity index (χ1v) is 2.78. The second-order valence-electron chi connectivity index (χ2n) is 1.76. The van der Waals surface area contributed by atoms with Crippen LogP contribution in [-0.4, -0.2) is 28.6 Å². The van der Waals surface area contributed by atoms with Gasteiger partial charge in [0.05, 0.1) is 0 Å². The molecule has 0 aromatic rings. The van der Waals surface area contributed by atoms with E-state index in [4.69, 9.17) is 10.3 Å². The first-order valence-electron chi connectivity index (χ1n) is 2.78. The number of aliphatic carboxylic acids is 1. The van der Waals surface area contributed by atoms with Crippen LogP contribution in [0.3, 0.4) is 0 Å². The Hall–Kier alpha value is -0.940. The van der Waals surface area contributed by atoms with Crippen LogP contribution < -0.4 is 5.48 Å². The number of hydrogen-bond acceptors (Lipinski definition) is 4. The van der Waals surface area contributed by atoms with Crippen molar-refractivity contribution in [2.24, 2.45) is 0 Å². The number of hydrogen-bond donors (Lipinski definition) is 3. The summed E-state index contributed by atoms with van der Waals surface area (Å²) >= 11 is 0. The van der Waals surface area contributed by atoms with Crippen LogP contribution in [-0.2, 0) is 9.59 Å². The lowest BCUT2D eigenvalue weighted by Crippen LogP contribution is -2.34. The Kier molecular flexibility index (Phi) is 4.43. The van der Waals surface area contributed by atoms with Gasteiger partial charge in [-0.25, -0.2) is 0 Å². The van der Waals surface area contributed by atoms with E-state index in [1.165, 1.54) is 0 Å². The smallest absolute Gasteiger partial charge is 0.323 e. The van der Waals surface area contributed by atoms with Gasteiger partial charge in [0, 0.05) is 6.42 Å². The highest BCUT2D eigenvalue weighted by molar-refractivity contribution is 5.73. The van der Waals surface area contributed by atoms with E-state index in [1.54, 1.807) is 5.48 Å². The van der Waals surface area contributed by atoms with Crippen molar-refractivity contribution in [3.8, 4) is 0 Å². The fourth-order valence-electron chi connectivity index (χ4n) is 0.478. The van der Waals surface area contributed by atoms with Crippen molar-refractivity contribution in [2.75, 3.05) is 0 Å². The molecular formula is C5H9NO4. The minimum absolute atomic E-state index is 0.106. The van der Waals surface area contributed by atoms with Crippen molar-refractivity contribution >= 4 is 12.3 Å². The Morgan fingerprint density at radius 1 is 1.70 bits per heavy atom. The van der Waals surface area contributed by atoms with Crippen LogP contribution in [0.4, 0.5) is 0 Å². The summed E-state index contributed by atoms with van der Waals surface area (Å²) in [5.41, 5.74) is 1.58. The monoisotopic (exact) mass is 147 g/mol. The summed E-state index contributed by atoms with van der Waals surface area (Å²) in [6.45, 7) is 0. The van der Waals surface area contributed by atoms with E-state index in [-0.39, 0.29) is 12.8 Å². The zero-order valence-corrected chi connectivity index (χ0v) is 5.28. The molecule has 1 atom stereocenters. The van der Waals surface area contributed by atoms with E-state index in [1.807, 2.05) is 0 Å². The summed E-state index contributed by atoms with van der Waals surface area (Å²) in [5.74, 6) is -1.16. The van der Waals surface area contributed by atoms with E-state index in [0.717, 1.165) is 0 Å². The van der Waals surface area contributed by atoms with Gasteiger partial charge in [-0.1, -0.05) is 0 Å². The van der Waals surface area contributed by atoms with Crippen molar-refractivity contribution < 1.29 is 19.9 Å². The van der Waals surface area contributed by atoms with Crippen LogP contribution in [0.1, 0.15) is 12.8 Å². The average molecular weight is 147 g/mol. The molecule has 0 aliphatic heterocycles. The Balaban J connectivity index is 3.60. The lowest BCUT2D eigenvalue weighted by Gasteiger charge is -2.05. The van der Waals surface area contributed by atoms with Gasteiger partial charge < -0.3 is 15.1 Å². The number of carbonyl (C=O) groups is 2. The van der Waals surface area contributed by atoms with Crippen LogP contribution >= 0.6 is 0 Å². The van der Waals surface area contributed by atoms with E-state index < -0.39 is 12.0 Å². The van der Waals surface area contributed by atoms with E-state index in [2.05, 4.69) is 0 Å². The number of carboxylic acids is 1. The molecule has 0 rings (SSSR count). The third kappa shape index (κ3) is 3.16. The van der Waals surface area contributed by atoms with Crippen LogP contribution in [0.15, 0.2) is 0 Å². The molecule has 5 heteroatoms. The van der Waals surface area contributed by atoms with E-state index in [9.17, 15) is 9.59 Å². The maximum atomic E-state index is 10.1. The van der Waals surface area contributed by atoms with Crippen molar-refractivity contribution in [1.82, 2.24) is 5.48 Å². The Labute approximate surface area is 57.6 Å². The van der Waals surface area contributed by atoms with E-state index >= 15 is 0 Å². The van der Waals surface area contributed by atoms with Crippen molar-refractivity contribution in [3.63, 3.8) is 0 Å². The standard InChI is InChI=1S/C5H9NO4/c7-3-1-2-4(6-10)5(8)9/h3-4,6,10H,1-2H2,(H,8,9)/t4-/m0/s1. The van der Waals surface area contributed by atoms with E-state index in [0.29, 0.717) is 6.29 Å². The molecular weight excluding hydrogens is 138 g/mol. The second kappa shape index (κ2) is 4.89. The average Bonchev–Trinajstić information content (AvgIpc) is 1.89. The molecule has 0 aliphatic rings. The summed E-state index contributed by atoms with van der Waals surface area (Å²) in [6, 6.07) is -1.04. The lowest BCUT2D eigenvalue weighted by molar-refractivity contribution is -0.142. The summed E-state index contributed by atoms with van der Waals surface area (Å²) in [7, 11) is 0. The minimum atomic E-state index is -1.16. The lowest BCUT2D eigenvalue weighted by atomic mass is 10.2. The molecule has 0 bridgehead atoms. The summed E-state index contributed by atoms with van der Waals surface area (Å²) in [6.07, 6.45) is 0.840. The summed E-state index contributed by atoms with van der Waals surface area (Å²) in [4.78, 5) is 19.8. The summed E-state index contributed by atoms with van der Waals surface area (Å²) in [5, 5.41) is 16.4. The van der Waals surface area contributed by atoms with Gasteiger partial charge in [-0.2, -0.15) is 5.48 Å². The van der Waals surface area contributed by atoms with Gasteiger partial charge in [-0.05, 0) is 6.42 Å². The number of aldehydes is 1. The second-order valence-corrected chi connectivity index (χ2v) is 1.76. The Bertz CT molecular complexity index is 125. The highest BCUT2D eigenvalue weighted by Gasteiger charge is 2.14. The number of nitrogens with one attached hydrogen (secondary N) is 1. The predicted octanol–water partition coefficient (Wildman–Crippen LogP) is -0.603. The molecule has 0 fully saturated rings. The number of hydroxylamine groups is 1. The molecule has 58 valence electrons. The molecule has 3 N–H and O–H groups in total. The number of carbonyl (C=O) groups excluding carboxylic acids is 1. The van der Waals surface area contributed by atoms with Crippen LogP contribution in [0.2, 0.25) is 0 Å². The molecule has 5 nitrogen and oxygen atoms in total. The van der Waals surface area contributed by atoms with Crippen molar-refractivity contribution in [1.29, 1.82) is 0 Å². The Morgan fingerprint density at radius 3 is 2.60 bits per heavy atom. The quantitative estimate of drug-likeness (QED) is 0.357. The maximum Gasteiger partial charge on any atom is 0.323 e. The van der Waals surface area contributed by atoms with Crippen molar-refractivity contribution in [3.05, 3.63) is 0 Å². The van der Waals surface area contributed by atoms with Crippen LogP contribution in [0, 0.1) is 0 Å². The van der Waals surface area contributed by atoms with Crippen LogP contribution in [0.25, 0.3) is 0 Å². The van der Waals surface area contributed by atoms with Gasteiger partial charge in [0.2, 0.25) is 0 Å². The van der Waals surface area contributed by atoms with Crippen LogP contribution in [0.5, 0.6) is 0 Å². The molecule has 0 amide bonds. The largest absolute Gasteiger partial charge is 0.480 e. The molecule has 0 aliphatic carbocycles. The predicted molar refractivity (Wildman–Crippen MR) is 31.6 cm³/mol. The molecule has 0 radical (unpaired) electrons. The van der Waals surface area contributed by atoms with Gasteiger partial charge in [0.25, 0.3) is 0 Å². The highest BCUT2D eigenvalue weighted by atomic mass is 16.5. The summed E-state index contributed by atoms with van der Waals surface area (Å²) < 4.78 is 0. The number of carboxylic acid groups (broad SMARTS) is 1. The molecule has 0 saturated carbocycles. The van der Waals surface area contributed by atoms with Gasteiger partial charge in [-0.15, -0.1) is 0 Å². The third-order valence-corrected chi connectivity index (χ3v) is 1.03. The molecule has 0 spiro atoms. The molecule has 0 aromatic heterocycles. The molecule has 10 heavy (non-hydrogen) atoms. The van der Waals surface area contributed by atoms with Gasteiger partial charge >= 0.3 is 5.97 Å². The Morgan fingerprint density at radius 2 is 2.30 bits per heavy atom. The SMILES string of the molecule is O=CCC[C@H](NO)C(=O)O. The van der Waals surface area contributed by atoms with Gasteiger partial charge in [-0.3, -0.25) is 4.79 Å². The maximum absolute atomic E-state index is 10.1. The molecule has 0 heterocycles. The van der Waals surface area contributed by atoms with Gasteiger partial charge in [0.15, 0.2) is 0 Å².